The van der Waals surface area contributed by atoms with Crippen LogP contribution < -0.4 is 0 Å². The number of aromatic carboxylic acids is 1. The van der Waals surface area contributed by atoms with Gasteiger partial charge in [-0.2, -0.15) is 0 Å². The normalized spacial score (nSPS) is 10.4. The van der Waals surface area contributed by atoms with Crippen molar-refractivity contribution >= 4 is 11.9 Å². The first-order valence-electron chi connectivity index (χ1n) is 8.24. The lowest BCUT2D eigenvalue weighted by Gasteiger charge is -2.17. The Kier molecular flexibility index (Phi) is 7.16. The van der Waals surface area contributed by atoms with Gasteiger partial charge in [-0.05, 0) is 29.7 Å². The highest BCUT2D eigenvalue weighted by molar-refractivity contribution is 5.87. The maximum atomic E-state index is 12.1. The van der Waals surface area contributed by atoms with Crippen molar-refractivity contribution in [1.82, 2.24) is 4.90 Å². The first-order valence-corrected chi connectivity index (χ1v) is 8.24. The molecule has 0 saturated carbocycles. The second kappa shape index (κ2) is 9.59. The molecule has 132 valence electrons. The lowest BCUT2D eigenvalue weighted by Crippen LogP contribution is -2.26. The SMILES string of the molecule is CN(Cc1ccc(C(=O)O)cc1)C(=O)CCCOCc1ccccc1. The molecule has 2 aromatic rings. The standard InChI is InChI=1S/C20H23NO4/c1-21(14-16-9-11-18(12-10-16)20(23)24)19(22)8-5-13-25-15-17-6-3-2-4-7-17/h2-4,6-7,9-12H,5,8,13-15H2,1H3,(H,23,24). The fourth-order valence-electron chi connectivity index (χ4n) is 2.40. The summed E-state index contributed by atoms with van der Waals surface area (Å²) in [4.78, 5) is 24.6. The van der Waals surface area contributed by atoms with Crippen molar-refractivity contribution in [2.75, 3.05) is 13.7 Å². The minimum atomic E-state index is -0.952. The molecule has 0 aromatic heterocycles. The average molecular weight is 341 g/mol. The summed E-state index contributed by atoms with van der Waals surface area (Å²) >= 11 is 0. The van der Waals surface area contributed by atoms with Crippen LogP contribution in [0.4, 0.5) is 0 Å². The topological polar surface area (TPSA) is 66.8 Å². The van der Waals surface area contributed by atoms with E-state index < -0.39 is 5.97 Å². The van der Waals surface area contributed by atoms with Crippen molar-refractivity contribution < 1.29 is 19.4 Å². The summed E-state index contributed by atoms with van der Waals surface area (Å²) in [5.41, 5.74) is 2.27. The highest BCUT2D eigenvalue weighted by atomic mass is 16.5. The fourth-order valence-corrected chi connectivity index (χ4v) is 2.40. The number of nitrogens with zero attached hydrogens (tertiary/aromatic N) is 1. The molecule has 0 unspecified atom stereocenters. The van der Waals surface area contributed by atoms with E-state index in [1.807, 2.05) is 30.3 Å². The maximum Gasteiger partial charge on any atom is 0.335 e. The molecule has 0 fully saturated rings. The smallest absolute Gasteiger partial charge is 0.335 e. The molecule has 0 aliphatic rings. The number of carbonyl (C=O) groups excluding carboxylic acids is 1. The molecule has 0 atom stereocenters. The minimum Gasteiger partial charge on any atom is -0.478 e. The Hall–Kier alpha value is -2.66. The van der Waals surface area contributed by atoms with Crippen LogP contribution in [-0.2, 0) is 22.7 Å². The van der Waals surface area contributed by atoms with Gasteiger partial charge in [0.05, 0.1) is 12.2 Å². The van der Waals surface area contributed by atoms with Gasteiger partial charge in [0.1, 0.15) is 0 Å². The summed E-state index contributed by atoms with van der Waals surface area (Å²) in [6.07, 6.45) is 1.10. The van der Waals surface area contributed by atoms with Crippen molar-refractivity contribution in [3.8, 4) is 0 Å². The van der Waals surface area contributed by atoms with Crippen molar-refractivity contribution in [2.45, 2.75) is 26.0 Å². The Balaban J connectivity index is 1.66. The van der Waals surface area contributed by atoms with E-state index in [-0.39, 0.29) is 11.5 Å². The first-order chi connectivity index (χ1) is 12.1. The Labute approximate surface area is 147 Å². The molecule has 25 heavy (non-hydrogen) atoms. The average Bonchev–Trinajstić information content (AvgIpc) is 2.62. The van der Waals surface area contributed by atoms with E-state index in [0.29, 0.717) is 32.6 Å². The molecule has 5 nitrogen and oxygen atoms in total. The van der Waals surface area contributed by atoms with Crippen LogP contribution in [0.5, 0.6) is 0 Å². The number of carbonyl (C=O) groups is 2. The van der Waals surface area contributed by atoms with Crippen LogP contribution in [0.3, 0.4) is 0 Å². The molecule has 0 radical (unpaired) electrons. The van der Waals surface area contributed by atoms with Crippen LogP contribution in [0.2, 0.25) is 0 Å². The molecule has 0 bridgehead atoms. The predicted molar refractivity (Wildman–Crippen MR) is 95.2 cm³/mol. The van der Waals surface area contributed by atoms with Gasteiger partial charge in [-0.25, -0.2) is 4.79 Å². The molecule has 5 heteroatoms. The summed E-state index contributed by atoms with van der Waals surface area (Å²) in [6.45, 7) is 1.56. The van der Waals surface area contributed by atoms with Gasteiger partial charge in [0.15, 0.2) is 0 Å². The quantitative estimate of drug-likeness (QED) is 0.710. The van der Waals surface area contributed by atoms with Crippen molar-refractivity contribution in [3.05, 3.63) is 71.3 Å². The van der Waals surface area contributed by atoms with E-state index in [4.69, 9.17) is 9.84 Å². The molecule has 2 aromatic carbocycles. The third-order valence-corrected chi connectivity index (χ3v) is 3.84. The van der Waals surface area contributed by atoms with Gasteiger partial charge < -0.3 is 14.7 Å². The van der Waals surface area contributed by atoms with E-state index in [1.54, 1.807) is 36.2 Å². The van der Waals surface area contributed by atoms with Gasteiger partial charge in [0.25, 0.3) is 0 Å². The highest BCUT2D eigenvalue weighted by Gasteiger charge is 2.10. The fraction of sp³-hybridized carbons (Fsp3) is 0.300. The summed E-state index contributed by atoms with van der Waals surface area (Å²) in [6, 6.07) is 16.5. The number of amides is 1. The molecule has 2 rings (SSSR count). The summed E-state index contributed by atoms with van der Waals surface area (Å²) in [5.74, 6) is -0.905. The molecule has 0 aliphatic heterocycles. The van der Waals surface area contributed by atoms with E-state index in [2.05, 4.69) is 0 Å². The van der Waals surface area contributed by atoms with E-state index in [1.165, 1.54) is 0 Å². The van der Waals surface area contributed by atoms with E-state index in [9.17, 15) is 9.59 Å². The summed E-state index contributed by atoms with van der Waals surface area (Å²) in [7, 11) is 1.75. The third-order valence-electron chi connectivity index (χ3n) is 3.84. The third kappa shape index (κ3) is 6.39. The number of ether oxygens (including phenoxy) is 1. The number of hydrogen-bond donors (Lipinski definition) is 1. The summed E-state index contributed by atoms with van der Waals surface area (Å²) in [5, 5.41) is 8.88. The maximum absolute atomic E-state index is 12.1. The predicted octanol–water partition coefficient (Wildman–Crippen LogP) is 3.34. The second-order valence-corrected chi connectivity index (χ2v) is 5.89. The number of carboxylic acids is 1. The minimum absolute atomic E-state index is 0.0469. The molecule has 1 amide bonds. The zero-order valence-corrected chi connectivity index (χ0v) is 14.4. The molecule has 0 aliphatic carbocycles. The first kappa shape index (κ1) is 18.7. The molecule has 1 N–H and O–H groups in total. The van der Waals surface area contributed by atoms with Gasteiger partial charge in [0.2, 0.25) is 5.91 Å². The Morgan fingerprint density at radius 3 is 2.32 bits per heavy atom. The Morgan fingerprint density at radius 1 is 1.00 bits per heavy atom. The van der Waals surface area contributed by atoms with Gasteiger partial charge in [-0.1, -0.05) is 42.5 Å². The number of hydrogen-bond acceptors (Lipinski definition) is 3. The van der Waals surface area contributed by atoms with Crippen molar-refractivity contribution in [1.29, 1.82) is 0 Å². The van der Waals surface area contributed by atoms with Crippen molar-refractivity contribution in [2.24, 2.45) is 0 Å². The summed E-state index contributed by atoms with van der Waals surface area (Å²) < 4.78 is 5.58. The van der Waals surface area contributed by atoms with Crippen LogP contribution in [0.15, 0.2) is 54.6 Å². The molecule has 0 spiro atoms. The van der Waals surface area contributed by atoms with Crippen LogP contribution >= 0.6 is 0 Å². The number of benzene rings is 2. The van der Waals surface area contributed by atoms with Crippen LogP contribution in [0.1, 0.15) is 34.3 Å². The largest absolute Gasteiger partial charge is 0.478 e. The lowest BCUT2D eigenvalue weighted by atomic mass is 10.1. The van der Waals surface area contributed by atoms with Gasteiger partial charge >= 0.3 is 5.97 Å². The second-order valence-electron chi connectivity index (χ2n) is 5.89. The van der Waals surface area contributed by atoms with Gasteiger partial charge in [-0.3, -0.25) is 4.79 Å². The number of rotatable bonds is 9. The zero-order valence-electron chi connectivity index (χ0n) is 14.4. The van der Waals surface area contributed by atoms with E-state index in [0.717, 1.165) is 11.1 Å². The zero-order chi connectivity index (χ0) is 18.1. The van der Waals surface area contributed by atoms with Gasteiger partial charge in [0, 0.05) is 26.6 Å². The van der Waals surface area contributed by atoms with Crippen LogP contribution in [-0.4, -0.2) is 35.5 Å². The number of carboxylic acid groups (broad SMARTS) is 1. The monoisotopic (exact) mass is 341 g/mol. The highest BCUT2D eigenvalue weighted by Crippen LogP contribution is 2.09. The van der Waals surface area contributed by atoms with Crippen LogP contribution in [0.25, 0.3) is 0 Å². The molecule has 0 saturated heterocycles. The molecular weight excluding hydrogens is 318 g/mol. The Morgan fingerprint density at radius 2 is 1.68 bits per heavy atom. The van der Waals surface area contributed by atoms with E-state index >= 15 is 0 Å². The van der Waals surface area contributed by atoms with Crippen molar-refractivity contribution in [3.63, 3.8) is 0 Å². The lowest BCUT2D eigenvalue weighted by molar-refractivity contribution is -0.130. The van der Waals surface area contributed by atoms with Gasteiger partial charge in [-0.15, -0.1) is 0 Å². The van der Waals surface area contributed by atoms with Crippen LogP contribution in [0, 0.1) is 0 Å². The molecular formula is C20H23NO4. The Bertz CT molecular complexity index is 683. The molecule has 0 heterocycles.